The zero-order chi connectivity index (χ0) is 55.2. The van der Waals surface area contributed by atoms with Crippen LogP contribution in [0.4, 0.5) is 0 Å². The standard InChI is InChI=1S/C65H123NO10/c1-3-5-7-9-11-13-32-37-41-45-49-53-61(70)74-54-50-46-42-38-34-31-29-27-25-23-21-19-17-15-16-18-20-22-24-26-28-30-33-36-40-44-48-52-60(69)66-57(56-75-65-64(73)63(72)62(71)59(55-67)76-65)58(68)51-47-43-39-35-14-12-10-8-6-4-2/h14,35,47,51,57-59,62-65,67-68,71-73H,3-13,15-34,36-46,48-50,52-56H2,1-2H3,(H,66,69)/b35-14+,51-47+. The van der Waals surface area contributed by atoms with Crippen LogP contribution in [-0.4, -0.2) is 100 Å². The van der Waals surface area contributed by atoms with E-state index in [9.17, 15) is 35.1 Å². The number of carbonyl (C=O) groups excluding carboxylic acids is 2. The molecule has 0 aromatic heterocycles. The Labute approximate surface area is 467 Å². The summed E-state index contributed by atoms with van der Waals surface area (Å²) in [7, 11) is 0. The highest BCUT2D eigenvalue weighted by Gasteiger charge is 2.44. The molecule has 0 radical (unpaired) electrons. The first kappa shape index (κ1) is 72.2. The SMILES string of the molecule is CCCCCC/C=C/CC/C=C/C(O)C(COC1OC(CO)C(O)C(O)C1O)NC(=O)CCCCCCCCCCCCCCCCCCCCCCCCCCCCCOC(=O)CCCCCCCCCCCCC. The van der Waals surface area contributed by atoms with Gasteiger partial charge in [0.1, 0.15) is 24.4 Å². The van der Waals surface area contributed by atoms with Crippen LogP contribution in [0.2, 0.25) is 0 Å². The average Bonchev–Trinajstić information content (AvgIpc) is 3.42. The maximum Gasteiger partial charge on any atom is 0.305 e. The van der Waals surface area contributed by atoms with Gasteiger partial charge in [0, 0.05) is 12.8 Å². The van der Waals surface area contributed by atoms with Crippen molar-refractivity contribution >= 4 is 11.9 Å². The minimum absolute atomic E-state index is 0.00810. The van der Waals surface area contributed by atoms with Crippen LogP contribution in [0.15, 0.2) is 24.3 Å². The van der Waals surface area contributed by atoms with Crippen molar-refractivity contribution in [2.45, 2.75) is 358 Å². The van der Waals surface area contributed by atoms with Gasteiger partial charge in [-0.2, -0.15) is 0 Å². The van der Waals surface area contributed by atoms with E-state index in [2.05, 4.69) is 31.3 Å². The molecule has 76 heavy (non-hydrogen) atoms. The quantitative estimate of drug-likeness (QED) is 0.0195. The van der Waals surface area contributed by atoms with E-state index < -0.39 is 49.5 Å². The molecular weight excluding hydrogens is 955 g/mol. The summed E-state index contributed by atoms with van der Waals surface area (Å²) in [6, 6.07) is -0.824. The Bertz CT molecular complexity index is 1310. The van der Waals surface area contributed by atoms with Crippen molar-refractivity contribution in [2.75, 3.05) is 19.8 Å². The van der Waals surface area contributed by atoms with Crippen LogP contribution in [0.1, 0.15) is 316 Å². The lowest BCUT2D eigenvalue weighted by atomic mass is 9.99. The second kappa shape index (κ2) is 55.1. The van der Waals surface area contributed by atoms with Crippen LogP contribution in [0.5, 0.6) is 0 Å². The highest BCUT2D eigenvalue weighted by molar-refractivity contribution is 5.76. The molecule has 11 heteroatoms. The monoisotopic (exact) mass is 1080 g/mol. The van der Waals surface area contributed by atoms with Gasteiger partial charge in [-0.3, -0.25) is 9.59 Å². The maximum absolute atomic E-state index is 13.0. The Morgan fingerprint density at radius 2 is 0.855 bits per heavy atom. The van der Waals surface area contributed by atoms with Gasteiger partial charge >= 0.3 is 5.97 Å². The number of rotatable bonds is 57. The Morgan fingerprint density at radius 3 is 1.30 bits per heavy atom. The molecule has 6 N–H and O–H groups in total. The third kappa shape index (κ3) is 44.0. The molecule has 7 atom stereocenters. The van der Waals surface area contributed by atoms with Crippen molar-refractivity contribution in [3.05, 3.63) is 24.3 Å². The summed E-state index contributed by atoms with van der Waals surface area (Å²) in [6.07, 6.45) is 57.4. The van der Waals surface area contributed by atoms with Crippen LogP contribution < -0.4 is 5.32 Å². The van der Waals surface area contributed by atoms with Crippen molar-refractivity contribution in [3.8, 4) is 0 Å². The molecule has 1 amide bonds. The number of aliphatic hydroxyl groups is 5. The first-order valence-electron chi connectivity index (χ1n) is 32.6. The van der Waals surface area contributed by atoms with Gasteiger partial charge in [-0.15, -0.1) is 0 Å². The van der Waals surface area contributed by atoms with Crippen LogP contribution >= 0.6 is 0 Å². The Hall–Kier alpha value is -1.86. The summed E-state index contributed by atoms with van der Waals surface area (Å²) >= 11 is 0. The number of aliphatic hydroxyl groups excluding tert-OH is 5. The molecule has 0 spiro atoms. The molecule has 1 fully saturated rings. The van der Waals surface area contributed by atoms with Gasteiger partial charge in [0.25, 0.3) is 0 Å². The zero-order valence-electron chi connectivity index (χ0n) is 49.5. The Kier molecular flexibility index (Phi) is 52.3. The summed E-state index contributed by atoms with van der Waals surface area (Å²) in [5.41, 5.74) is 0. The molecule has 0 aromatic carbocycles. The molecule has 1 saturated heterocycles. The van der Waals surface area contributed by atoms with Gasteiger partial charge in [0.2, 0.25) is 5.91 Å². The van der Waals surface area contributed by atoms with Gasteiger partial charge in [-0.05, 0) is 44.9 Å². The highest BCUT2D eigenvalue weighted by atomic mass is 16.7. The number of nitrogens with one attached hydrogen (secondary N) is 1. The molecule has 0 bridgehead atoms. The van der Waals surface area contributed by atoms with E-state index in [4.69, 9.17) is 14.2 Å². The molecule has 1 heterocycles. The highest BCUT2D eigenvalue weighted by Crippen LogP contribution is 2.23. The maximum atomic E-state index is 13.0. The number of ether oxygens (including phenoxy) is 3. The van der Waals surface area contributed by atoms with Gasteiger partial charge in [-0.25, -0.2) is 0 Å². The van der Waals surface area contributed by atoms with Crippen LogP contribution in [0, 0.1) is 0 Å². The Balaban J connectivity index is 1.96. The number of carbonyl (C=O) groups is 2. The molecule has 0 saturated carbocycles. The second-order valence-electron chi connectivity index (χ2n) is 22.8. The van der Waals surface area contributed by atoms with Gasteiger partial charge < -0.3 is 45.1 Å². The second-order valence-corrected chi connectivity index (χ2v) is 22.8. The predicted octanol–water partition coefficient (Wildman–Crippen LogP) is 15.7. The van der Waals surface area contributed by atoms with Crippen molar-refractivity contribution < 1.29 is 49.3 Å². The number of hydrogen-bond acceptors (Lipinski definition) is 10. The molecule has 1 aliphatic rings. The van der Waals surface area contributed by atoms with Gasteiger partial charge in [0.15, 0.2) is 6.29 Å². The van der Waals surface area contributed by atoms with Gasteiger partial charge in [0.05, 0.1) is 32.0 Å². The zero-order valence-corrected chi connectivity index (χ0v) is 49.5. The minimum Gasteiger partial charge on any atom is -0.466 e. The topological polar surface area (TPSA) is 175 Å². The molecule has 0 aromatic rings. The summed E-state index contributed by atoms with van der Waals surface area (Å²) in [6.45, 7) is 4.31. The molecule has 0 aliphatic carbocycles. The summed E-state index contributed by atoms with van der Waals surface area (Å²) in [5.74, 6) is -0.182. The average molecular weight is 1080 g/mol. The lowest BCUT2D eigenvalue weighted by Gasteiger charge is -2.40. The molecule has 1 rings (SSSR count). The molecule has 448 valence electrons. The Morgan fingerprint density at radius 1 is 0.474 bits per heavy atom. The smallest absolute Gasteiger partial charge is 0.305 e. The van der Waals surface area contributed by atoms with E-state index in [1.807, 2.05) is 6.08 Å². The van der Waals surface area contributed by atoms with E-state index in [-0.39, 0.29) is 18.5 Å². The summed E-state index contributed by atoms with van der Waals surface area (Å²) < 4.78 is 16.7. The fourth-order valence-electron chi connectivity index (χ4n) is 10.4. The molecule has 11 nitrogen and oxygen atoms in total. The van der Waals surface area contributed by atoms with Crippen LogP contribution in [0.3, 0.4) is 0 Å². The van der Waals surface area contributed by atoms with E-state index in [1.54, 1.807) is 6.08 Å². The van der Waals surface area contributed by atoms with Crippen molar-refractivity contribution in [1.82, 2.24) is 5.32 Å². The number of esters is 1. The molecule has 7 unspecified atom stereocenters. The van der Waals surface area contributed by atoms with Crippen molar-refractivity contribution in [3.63, 3.8) is 0 Å². The predicted molar refractivity (Wildman–Crippen MR) is 315 cm³/mol. The first-order valence-corrected chi connectivity index (χ1v) is 32.6. The summed E-state index contributed by atoms with van der Waals surface area (Å²) in [5, 5.41) is 54.3. The van der Waals surface area contributed by atoms with Crippen LogP contribution in [0.25, 0.3) is 0 Å². The number of allylic oxidation sites excluding steroid dienone is 3. The van der Waals surface area contributed by atoms with E-state index in [0.717, 1.165) is 57.8 Å². The van der Waals surface area contributed by atoms with Crippen molar-refractivity contribution in [1.29, 1.82) is 0 Å². The normalized spacial score (nSPS) is 18.8. The molecular formula is C65H123NO10. The number of unbranched alkanes of at least 4 members (excludes halogenated alkanes) is 41. The largest absolute Gasteiger partial charge is 0.466 e. The molecule has 1 aliphatic heterocycles. The van der Waals surface area contributed by atoms with E-state index >= 15 is 0 Å². The van der Waals surface area contributed by atoms with E-state index in [1.165, 1.54) is 231 Å². The number of amides is 1. The van der Waals surface area contributed by atoms with E-state index in [0.29, 0.717) is 19.4 Å². The first-order chi connectivity index (χ1) is 37.2. The third-order valence-corrected chi connectivity index (χ3v) is 15.6. The number of hydrogen-bond donors (Lipinski definition) is 6. The lowest BCUT2D eigenvalue weighted by Crippen LogP contribution is -2.60. The third-order valence-electron chi connectivity index (χ3n) is 15.6. The fraction of sp³-hybridized carbons (Fsp3) is 0.908. The van der Waals surface area contributed by atoms with Gasteiger partial charge in [-0.1, -0.05) is 282 Å². The lowest BCUT2D eigenvalue weighted by molar-refractivity contribution is -0.302. The minimum atomic E-state index is -1.57. The fourth-order valence-corrected chi connectivity index (χ4v) is 10.4. The summed E-state index contributed by atoms with van der Waals surface area (Å²) in [4.78, 5) is 25.0. The van der Waals surface area contributed by atoms with Crippen LogP contribution in [-0.2, 0) is 23.8 Å². The van der Waals surface area contributed by atoms with Crippen molar-refractivity contribution in [2.24, 2.45) is 0 Å².